The largest absolute Gasteiger partial charge is 0.493 e. The zero-order valence-electron chi connectivity index (χ0n) is 10.1. The van der Waals surface area contributed by atoms with Crippen LogP contribution in [0.3, 0.4) is 0 Å². The van der Waals surface area contributed by atoms with Crippen LogP contribution in [0.1, 0.15) is 13.8 Å². The number of hydrogen-bond acceptors (Lipinski definition) is 3. The van der Waals surface area contributed by atoms with Gasteiger partial charge in [0.25, 0.3) is 0 Å². The van der Waals surface area contributed by atoms with Crippen molar-refractivity contribution in [3.8, 4) is 5.75 Å². The van der Waals surface area contributed by atoms with Gasteiger partial charge in [-0.15, -0.1) is 11.3 Å². The fourth-order valence-corrected chi connectivity index (χ4v) is 3.05. The molecule has 0 bridgehead atoms. The SMILES string of the molecule is CC(C)COc1ccc(Sc2cccs2)cc1. The van der Waals surface area contributed by atoms with Crippen molar-refractivity contribution in [3.05, 3.63) is 41.8 Å². The highest BCUT2D eigenvalue weighted by atomic mass is 32.2. The van der Waals surface area contributed by atoms with Crippen molar-refractivity contribution in [2.45, 2.75) is 23.0 Å². The molecule has 90 valence electrons. The number of benzene rings is 1. The van der Waals surface area contributed by atoms with E-state index in [-0.39, 0.29) is 0 Å². The molecule has 0 N–H and O–H groups in total. The summed E-state index contributed by atoms with van der Waals surface area (Å²) in [5, 5.41) is 2.10. The van der Waals surface area contributed by atoms with Crippen LogP contribution >= 0.6 is 23.1 Å². The fraction of sp³-hybridized carbons (Fsp3) is 0.286. The van der Waals surface area contributed by atoms with Crippen molar-refractivity contribution in [3.63, 3.8) is 0 Å². The first-order valence-corrected chi connectivity index (χ1v) is 7.38. The Morgan fingerprint density at radius 2 is 1.94 bits per heavy atom. The highest BCUT2D eigenvalue weighted by Crippen LogP contribution is 2.32. The Bertz CT molecular complexity index is 432. The molecule has 0 amide bonds. The molecule has 0 aliphatic carbocycles. The minimum Gasteiger partial charge on any atom is -0.493 e. The molecule has 1 heterocycles. The predicted molar refractivity (Wildman–Crippen MR) is 75.2 cm³/mol. The Kier molecular flexibility index (Phi) is 4.51. The molecule has 0 spiro atoms. The molecular weight excluding hydrogens is 248 g/mol. The van der Waals surface area contributed by atoms with Gasteiger partial charge in [-0.25, -0.2) is 0 Å². The van der Waals surface area contributed by atoms with Gasteiger partial charge in [0.2, 0.25) is 0 Å². The third-order valence-electron chi connectivity index (χ3n) is 2.12. The van der Waals surface area contributed by atoms with Gasteiger partial charge >= 0.3 is 0 Å². The molecule has 0 saturated heterocycles. The monoisotopic (exact) mass is 264 g/mol. The Morgan fingerprint density at radius 3 is 2.53 bits per heavy atom. The molecule has 0 aliphatic rings. The van der Waals surface area contributed by atoms with Gasteiger partial charge in [0, 0.05) is 4.90 Å². The maximum absolute atomic E-state index is 5.65. The van der Waals surface area contributed by atoms with Crippen LogP contribution in [0.15, 0.2) is 50.9 Å². The van der Waals surface area contributed by atoms with Gasteiger partial charge in [0.05, 0.1) is 10.8 Å². The summed E-state index contributed by atoms with van der Waals surface area (Å²) in [7, 11) is 0. The summed E-state index contributed by atoms with van der Waals surface area (Å²) in [6, 6.07) is 12.5. The average molecular weight is 264 g/mol. The molecule has 0 radical (unpaired) electrons. The lowest BCUT2D eigenvalue weighted by Gasteiger charge is -2.08. The lowest BCUT2D eigenvalue weighted by molar-refractivity contribution is 0.271. The van der Waals surface area contributed by atoms with E-state index in [0.717, 1.165) is 12.4 Å². The second-order valence-corrected chi connectivity index (χ2v) is 6.53. The zero-order valence-corrected chi connectivity index (χ0v) is 11.7. The van der Waals surface area contributed by atoms with Crippen LogP contribution < -0.4 is 4.74 Å². The van der Waals surface area contributed by atoms with E-state index < -0.39 is 0 Å². The van der Waals surface area contributed by atoms with E-state index >= 15 is 0 Å². The van der Waals surface area contributed by atoms with Gasteiger partial charge in [-0.1, -0.05) is 31.7 Å². The number of thiophene rings is 1. The van der Waals surface area contributed by atoms with Crippen LogP contribution in [0.25, 0.3) is 0 Å². The van der Waals surface area contributed by atoms with Crippen LogP contribution in [0.4, 0.5) is 0 Å². The molecule has 1 aromatic heterocycles. The van der Waals surface area contributed by atoms with E-state index in [9.17, 15) is 0 Å². The van der Waals surface area contributed by atoms with Gasteiger partial charge in [0.15, 0.2) is 0 Å². The van der Waals surface area contributed by atoms with E-state index in [4.69, 9.17) is 4.74 Å². The molecule has 0 saturated carbocycles. The standard InChI is InChI=1S/C14H16OS2/c1-11(2)10-15-12-5-7-13(8-6-12)17-14-4-3-9-16-14/h3-9,11H,10H2,1-2H3. The first-order chi connectivity index (χ1) is 8.24. The summed E-state index contributed by atoms with van der Waals surface area (Å²) in [4.78, 5) is 1.25. The third kappa shape index (κ3) is 4.10. The number of rotatable bonds is 5. The minimum absolute atomic E-state index is 0.565. The maximum Gasteiger partial charge on any atom is 0.119 e. The minimum atomic E-state index is 0.565. The molecule has 2 rings (SSSR count). The Labute approximate surface area is 111 Å². The first-order valence-electron chi connectivity index (χ1n) is 5.68. The molecule has 0 fully saturated rings. The molecule has 1 aromatic carbocycles. The van der Waals surface area contributed by atoms with Crippen LogP contribution in [0.2, 0.25) is 0 Å². The van der Waals surface area contributed by atoms with Crippen LogP contribution in [-0.2, 0) is 0 Å². The highest BCUT2D eigenvalue weighted by molar-refractivity contribution is 8.01. The predicted octanol–water partition coefficient (Wildman–Crippen LogP) is 4.93. The van der Waals surface area contributed by atoms with Crippen LogP contribution in [0.5, 0.6) is 5.75 Å². The summed E-state index contributed by atoms with van der Waals surface area (Å²) in [6.07, 6.45) is 0. The second kappa shape index (κ2) is 6.12. The van der Waals surface area contributed by atoms with E-state index in [2.05, 4.69) is 43.5 Å². The lowest BCUT2D eigenvalue weighted by atomic mass is 10.2. The zero-order chi connectivity index (χ0) is 12.1. The normalized spacial score (nSPS) is 10.8. The summed E-state index contributed by atoms with van der Waals surface area (Å²) < 4.78 is 6.97. The van der Waals surface area contributed by atoms with E-state index in [1.807, 2.05) is 12.1 Å². The van der Waals surface area contributed by atoms with Crippen molar-refractivity contribution in [2.24, 2.45) is 5.92 Å². The van der Waals surface area contributed by atoms with E-state index in [1.54, 1.807) is 23.1 Å². The van der Waals surface area contributed by atoms with Crippen molar-refractivity contribution >= 4 is 23.1 Å². The smallest absolute Gasteiger partial charge is 0.119 e. The summed E-state index contributed by atoms with van der Waals surface area (Å²) >= 11 is 3.56. The van der Waals surface area contributed by atoms with Crippen LogP contribution in [0, 0.1) is 5.92 Å². The second-order valence-electron chi connectivity index (χ2n) is 4.21. The average Bonchev–Trinajstić information content (AvgIpc) is 2.81. The maximum atomic E-state index is 5.65. The van der Waals surface area contributed by atoms with Gasteiger partial charge in [-0.05, 0) is 41.6 Å². The van der Waals surface area contributed by atoms with Crippen molar-refractivity contribution in [1.29, 1.82) is 0 Å². The Hall–Kier alpha value is -0.930. The molecule has 0 unspecified atom stereocenters. The summed E-state index contributed by atoms with van der Waals surface area (Å²) in [5.41, 5.74) is 0. The molecule has 1 nitrogen and oxygen atoms in total. The van der Waals surface area contributed by atoms with Crippen molar-refractivity contribution in [1.82, 2.24) is 0 Å². The third-order valence-corrected chi connectivity index (χ3v) is 4.17. The molecule has 0 aliphatic heterocycles. The topological polar surface area (TPSA) is 9.23 Å². The molecule has 2 aromatic rings. The number of ether oxygens (including phenoxy) is 1. The highest BCUT2D eigenvalue weighted by Gasteiger charge is 2.00. The van der Waals surface area contributed by atoms with Gasteiger partial charge in [-0.3, -0.25) is 0 Å². The number of hydrogen-bond donors (Lipinski definition) is 0. The van der Waals surface area contributed by atoms with Gasteiger partial charge in [-0.2, -0.15) is 0 Å². The Balaban J connectivity index is 1.93. The van der Waals surface area contributed by atoms with Crippen molar-refractivity contribution < 1.29 is 4.74 Å². The quantitative estimate of drug-likeness (QED) is 0.757. The molecule has 17 heavy (non-hydrogen) atoms. The molecular formula is C14H16OS2. The molecule has 0 atom stereocenters. The van der Waals surface area contributed by atoms with E-state index in [1.165, 1.54) is 9.10 Å². The summed E-state index contributed by atoms with van der Waals surface area (Å²) in [6.45, 7) is 5.08. The fourth-order valence-electron chi connectivity index (χ4n) is 1.30. The molecule has 3 heteroatoms. The van der Waals surface area contributed by atoms with Crippen LogP contribution in [-0.4, -0.2) is 6.61 Å². The van der Waals surface area contributed by atoms with E-state index in [0.29, 0.717) is 5.92 Å². The van der Waals surface area contributed by atoms with Gasteiger partial charge in [0.1, 0.15) is 5.75 Å². The van der Waals surface area contributed by atoms with Gasteiger partial charge < -0.3 is 4.74 Å². The first kappa shape index (κ1) is 12.5. The summed E-state index contributed by atoms with van der Waals surface area (Å²) in [5.74, 6) is 1.52. The van der Waals surface area contributed by atoms with Crippen molar-refractivity contribution in [2.75, 3.05) is 6.61 Å². The lowest BCUT2D eigenvalue weighted by Crippen LogP contribution is -2.04. The Morgan fingerprint density at radius 1 is 1.18 bits per heavy atom.